The maximum Gasteiger partial charge on any atom is 2.00 e. The molecule has 0 saturated carbocycles. The van der Waals surface area contributed by atoms with E-state index in [-0.39, 0.29) is 59.7 Å². The summed E-state index contributed by atoms with van der Waals surface area (Å²) in [6.45, 7) is 23.7. The number of Topliss-reactive ketones (excluding diaryl/α,β-unsaturated/α-hetero) is 1. The molecule has 10 heteroatoms. The largest absolute Gasteiger partial charge is 2.00 e. The summed E-state index contributed by atoms with van der Waals surface area (Å²) in [5.74, 6) is -1.34. The molecule has 0 amide bonds. The van der Waals surface area contributed by atoms with Crippen LogP contribution in [0.25, 0.3) is 35.2 Å². The molecule has 2 N–H and O–H groups in total. The molecule has 3 aromatic rings. The Balaban J connectivity index is 0.00000704. The van der Waals surface area contributed by atoms with Crippen LogP contribution >= 0.6 is 0 Å². The summed E-state index contributed by atoms with van der Waals surface area (Å²) < 4.78 is 11.0. The molecule has 5 atom stereocenters. The number of hydrogen-bond acceptors (Lipinski definition) is 5. The quantitative estimate of drug-likeness (QED) is 0.0603. The summed E-state index contributed by atoms with van der Waals surface area (Å²) in [5.41, 5.74) is 11.5. The van der Waals surface area contributed by atoms with E-state index >= 15 is 0 Å². The molecule has 1 aliphatic carbocycles. The molecule has 1 fully saturated rings. The van der Waals surface area contributed by atoms with Crippen LogP contribution in [0.5, 0.6) is 0 Å². The molecule has 0 radical (unpaired) electrons. The second kappa shape index (κ2) is 20.7. The van der Waals surface area contributed by atoms with Crippen molar-refractivity contribution < 1.29 is 23.9 Å². The first-order chi connectivity index (χ1) is 28.7. The van der Waals surface area contributed by atoms with Gasteiger partial charge in [0.15, 0.2) is 5.78 Å². The Hall–Kier alpha value is -4.28. The van der Waals surface area contributed by atoms with Crippen molar-refractivity contribution >= 4 is 70.7 Å². The van der Waals surface area contributed by atoms with Gasteiger partial charge in [-0.15, -0.1) is 17.1 Å². The van der Waals surface area contributed by atoms with Crippen LogP contribution < -0.4 is 15.7 Å². The van der Waals surface area contributed by atoms with Gasteiger partial charge in [0.25, 0.3) is 0 Å². The molecule has 2 aliphatic heterocycles. The molecule has 0 spiro atoms. The van der Waals surface area contributed by atoms with Crippen LogP contribution in [0.3, 0.4) is 0 Å². The maximum absolute atomic E-state index is 14.4. The van der Waals surface area contributed by atoms with Gasteiger partial charge < -0.3 is 29.7 Å². The Bertz CT molecular complexity index is 2370. The zero-order valence-electron chi connectivity index (χ0n) is 38.4. The first kappa shape index (κ1) is 47.8. The molecule has 9 nitrogen and oxygen atoms in total. The van der Waals surface area contributed by atoms with E-state index in [1.54, 1.807) is 0 Å². The SMILES string of the molecule is C=Cc1c2[n-]c(c1C)/C=C1\[N-]/C(=C3\c4[nH]c(c(C)c4C(=O)[C@@H]3C(=O)OC)/C=c3\[nH]/c(c(C)c3CC)=C\2)[C@@H](CCC(=O)OC/C=C(\C)CCC[C@H](C)CCC[C@H](C)CC)[C@@H]1C.[Mg+2]. The van der Waals surface area contributed by atoms with E-state index in [4.69, 9.17) is 19.8 Å². The molecule has 3 aliphatic rings. The number of aromatic amines is 2. The van der Waals surface area contributed by atoms with Crippen molar-refractivity contribution in [3.05, 3.63) is 102 Å². The molecule has 6 rings (SSSR count). The third-order valence-corrected chi connectivity index (χ3v) is 13.6. The van der Waals surface area contributed by atoms with Crippen molar-refractivity contribution in [3.8, 4) is 0 Å². The third-order valence-electron chi connectivity index (χ3n) is 13.6. The maximum atomic E-state index is 14.4. The van der Waals surface area contributed by atoms with Gasteiger partial charge in [0.2, 0.25) is 0 Å². The fraction of sp³-hybridized carbons (Fsp3) is 0.510. The fourth-order valence-corrected chi connectivity index (χ4v) is 9.44. The van der Waals surface area contributed by atoms with Crippen molar-refractivity contribution in [2.24, 2.45) is 29.6 Å². The summed E-state index contributed by atoms with van der Waals surface area (Å²) >= 11 is 0. The number of hydrogen-bond donors (Lipinski definition) is 2. The van der Waals surface area contributed by atoms with E-state index in [1.165, 1.54) is 44.8 Å². The normalized spacial score (nSPS) is 22.2. The Morgan fingerprint density at radius 1 is 0.934 bits per heavy atom. The standard InChI is InChI=1S/C51H67N4O5.Mg/c1-12-28(4)17-15-18-29(5)19-16-20-30(6)23-24-60-44(56)22-21-37-33(9)40-25-38-31(7)35(13-2)42(52-38)26-39-32(8)36(14-3)43(53-39)27-41-34(10)45-49(55-41)46(48(37)54-40)47(50(45)57)51(58)59-11;/h13,23,25-29,33,37,47,53H,2,12,14-22,24H2,1,3-11H3,(H2,54,55,57);/q-1;+2/p-1/b30-23+,39-26-,40-25-,43-27-;/t28-,29-,33+,37+,47-;/m1./s1. The van der Waals surface area contributed by atoms with E-state index in [0.29, 0.717) is 28.9 Å². The molecule has 322 valence electrons. The number of fused-ring (bicyclic) bond motifs is 7. The summed E-state index contributed by atoms with van der Waals surface area (Å²) in [5, 5.41) is 7.14. The Morgan fingerprint density at radius 3 is 2.34 bits per heavy atom. The van der Waals surface area contributed by atoms with Gasteiger partial charge in [0, 0.05) is 28.4 Å². The Labute approximate surface area is 379 Å². The third kappa shape index (κ3) is 10.0. The molecule has 0 aromatic carbocycles. The second-order valence-electron chi connectivity index (χ2n) is 17.6. The van der Waals surface area contributed by atoms with Crippen molar-refractivity contribution in [3.63, 3.8) is 0 Å². The summed E-state index contributed by atoms with van der Waals surface area (Å²) in [6.07, 6.45) is 19.9. The number of carbonyl (C=O) groups excluding carboxylic acids is 3. The minimum atomic E-state index is -1.18. The van der Waals surface area contributed by atoms with Gasteiger partial charge in [-0.3, -0.25) is 14.4 Å². The number of rotatable bonds is 17. The van der Waals surface area contributed by atoms with Crippen LogP contribution in [0, 0.1) is 50.4 Å². The van der Waals surface area contributed by atoms with Gasteiger partial charge in [0.1, 0.15) is 12.5 Å². The van der Waals surface area contributed by atoms with Gasteiger partial charge in [-0.1, -0.05) is 103 Å². The summed E-state index contributed by atoms with van der Waals surface area (Å²) in [4.78, 5) is 53.6. The first-order valence-electron chi connectivity index (χ1n) is 22.3. The fourth-order valence-electron chi connectivity index (χ4n) is 9.44. The topological polar surface area (TPSA) is 129 Å². The van der Waals surface area contributed by atoms with Crippen molar-refractivity contribution in [2.75, 3.05) is 13.7 Å². The van der Waals surface area contributed by atoms with Crippen LogP contribution in [0.15, 0.2) is 29.6 Å². The Kier molecular flexibility index (Phi) is 16.2. The zero-order valence-corrected chi connectivity index (χ0v) is 39.8. The predicted octanol–water partition coefficient (Wildman–Crippen LogP) is 9.69. The molecule has 5 heterocycles. The number of aromatic nitrogens is 3. The smallest absolute Gasteiger partial charge is 0.664 e. The van der Waals surface area contributed by atoms with E-state index in [0.717, 1.165) is 92.4 Å². The molecular weight excluding hydrogens is 773 g/mol. The van der Waals surface area contributed by atoms with Gasteiger partial charge in [-0.05, 0) is 117 Å². The molecule has 1 saturated heterocycles. The number of esters is 2. The number of H-pyrrole nitrogens is 2. The van der Waals surface area contributed by atoms with Crippen LogP contribution in [0.2, 0.25) is 0 Å². The van der Waals surface area contributed by atoms with Crippen LogP contribution in [-0.2, 0) is 25.5 Å². The van der Waals surface area contributed by atoms with Gasteiger partial charge in [0.05, 0.1) is 12.8 Å². The van der Waals surface area contributed by atoms with Crippen LogP contribution in [-0.4, -0.2) is 64.5 Å². The zero-order chi connectivity index (χ0) is 43.4. The second-order valence-corrected chi connectivity index (χ2v) is 17.6. The van der Waals surface area contributed by atoms with Gasteiger partial charge in [-0.2, -0.15) is 5.70 Å². The number of methoxy groups -OCH3 is 1. The molecule has 3 aromatic heterocycles. The van der Waals surface area contributed by atoms with Crippen molar-refractivity contribution in [1.29, 1.82) is 0 Å². The van der Waals surface area contributed by atoms with Crippen LogP contribution in [0.4, 0.5) is 0 Å². The number of carbonyl (C=O) groups is 3. The Morgan fingerprint density at radius 2 is 1.66 bits per heavy atom. The first-order valence-corrected chi connectivity index (χ1v) is 22.3. The summed E-state index contributed by atoms with van der Waals surface area (Å²) in [6, 6.07) is 0. The monoisotopic (exact) mass is 838 g/mol. The number of allylic oxidation sites excluding steroid dienone is 3. The molecular formula is C51H66MgN4O5. The number of ketones is 1. The number of ether oxygens (including phenoxy) is 2. The minimum Gasteiger partial charge on any atom is -0.664 e. The molecule has 8 bridgehead atoms. The van der Waals surface area contributed by atoms with Gasteiger partial charge in [-0.25, -0.2) is 0 Å². The van der Waals surface area contributed by atoms with E-state index in [2.05, 4.69) is 77.2 Å². The molecule has 61 heavy (non-hydrogen) atoms. The van der Waals surface area contributed by atoms with E-state index in [9.17, 15) is 14.4 Å². The van der Waals surface area contributed by atoms with E-state index < -0.39 is 11.9 Å². The minimum absolute atomic E-state index is 0. The average Bonchev–Trinajstić information content (AvgIpc) is 3.97. The van der Waals surface area contributed by atoms with Gasteiger partial charge >= 0.3 is 35.0 Å². The summed E-state index contributed by atoms with van der Waals surface area (Å²) in [7, 11) is 1.31. The van der Waals surface area contributed by atoms with Crippen molar-refractivity contribution in [1.82, 2.24) is 15.0 Å². The number of nitrogens with zero attached hydrogens (tertiary/aromatic N) is 2. The number of nitrogens with one attached hydrogen (secondary N) is 2. The average molecular weight is 839 g/mol. The van der Waals surface area contributed by atoms with E-state index in [1.807, 2.05) is 32.1 Å². The molecule has 0 unspecified atom stereocenters. The predicted molar refractivity (Wildman–Crippen MR) is 248 cm³/mol. The van der Waals surface area contributed by atoms with Crippen LogP contribution in [0.1, 0.15) is 160 Å². The van der Waals surface area contributed by atoms with Crippen molar-refractivity contribution in [2.45, 2.75) is 127 Å².